The first-order chi connectivity index (χ1) is 11.6. The van der Waals surface area contributed by atoms with Gasteiger partial charge in [-0.3, -0.25) is 9.59 Å². The van der Waals surface area contributed by atoms with Crippen molar-refractivity contribution >= 4 is 11.8 Å². The molecule has 2 saturated heterocycles. The summed E-state index contributed by atoms with van der Waals surface area (Å²) in [6, 6.07) is 0. The summed E-state index contributed by atoms with van der Waals surface area (Å²) in [6.45, 7) is 3.44. The number of ether oxygens (including phenoxy) is 2. The molecule has 2 atom stereocenters. The van der Waals surface area contributed by atoms with Gasteiger partial charge in [-0.05, 0) is 38.0 Å². The van der Waals surface area contributed by atoms with Crippen LogP contribution in [0.5, 0.6) is 0 Å². The van der Waals surface area contributed by atoms with E-state index in [-0.39, 0.29) is 24.5 Å². The van der Waals surface area contributed by atoms with E-state index in [2.05, 4.69) is 0 Å². The van der Waals surface area contributed by atoms with Crippen molar-refractivity contribution in [1.82, 2.24) is 9.80 Å². The number of hydrogen-bond donors (Lipinski definition) is 1. The minimum absolute atomic E-state index is 0.0472. The van der Waals surface area contributed by atoms with Gasteiger partial charge in [-0.15, -0.1) is 0 Å². The number of carbonyl (C=O) groups is 2. The van der Waals surface area contributed by atoms with E-state index in [0.29, 0.717) is 45.2 Å². The van der Waals surface area contributed by atoms with Gasteiger partial charge in [-0.25, -0.2) is 0 Å². The van der Waals surface area contributed by atoms with Crippen molar-refractivity contribution in [3.63, 3.8) is 0 Å². The standard InChI is InChI=1S/C17H28N2O5/c20-15-3-1-2-6-19(17(15)22)10-16(21)18-7-8-24-14(9-18)12-23-11-13-4-5-13/h13-15,20H,1-12H2. The Bertz CT molecular complexity index is 454. The zero-order valence-corrected chi connectivity index (χ0v) is 14.2. The Morgan fingerprint density at radius 3 is 2.83 bits per heavy atom. The average molecular weight is 340 g/mol. The quantitative estimate of drug-likeness (QED) is 0.737. The summed E-state index contributed by atoms with van der Waals surface area (Å²) in [6.07, 6.45) is 3.59. The largest absolute Gasteiger partial charge is 0.383 e. The van der Waals surface area contributed by atoms with Crippen LogP contribution in [0.4, 0.5) is 0 Å². The van der Waals surface area contributed by atoms with Gasteiger partial charge in [0.05, 0.1) is 25.9 Å². The van der Waals surface area contributed by atoms with Gasteiger partial charge in [-0.2, -0.15) is 0 Å². The second kappa shape index (κ2) is 8.27. The molecule has 1 aliphatic carbocycles. The number of aliphatic hydroxyl groups excluding tert-OH is 1. The lowest BCUT2D eigenvalue weighted by atomic mass is 10.2. The Morgan fingerprint density at radius 2 is 2.04 bits per heavy atom. The molecule has 7 nitrogen and oxygen atoms in total. The maximum absolute atomic E-state index is 12.5. The Kier molecular flexibility index (Phi) is 6.08. The third kappa shape index (κ3) is 4.91. The molecule has 0 spiro atoms. The van der Waals surface area contributed by atoms with Crippen LogP contribution in [0.2, 0.25) is 0 Å². The van der Waals surface area contributed by atoms with Crippen LogP contribution in [-0.2, 0) is 19.1 Å². The summed E-state index contributed by atoms with van der Waals surface area (Å²) in [5.74, 6) is 0.318. The predicted octanol–water partition coefficient (Wildman–Crippen LogP) is 0.0138. The SMILES string of the molecule is O=C(CN1CCCCC(O)C1=O)N1CCOC(COCC2CC2)C1. The van der Waals surface area contributed by atoms with Crippen molar-refractivity contribution < 1.29 is 24.2 Å². The number of morpholine rings is 1. The van der Waals surface area contributed by atoms with Gasteiger partial charge in [0.2, 0.25) is 5.91 Å². The van der Waals surface area contributed by atoms with Crippen LogP contribution in [0.1, 0.15) is 32.1 Å². The summed E-state index contributed by atoms with van der Waals surface area (Å²) < 4.78 is 11.3. The zero-order chi connectivity index (χ0) is 16.9. The third-order valence-electron chi connectivity index (χ3n) is 4.92. The van der Waals surface area contributed by atoms with Crippen LogP contribution < -0.4 is 0 Å². The lowest BCUT2D eigenvalue weighted by Crippen LogP contribution is -2.51. The van der Waals surface area contributed by atoms with Gasteiger partial charge >= 0.3 is 0 Å². The topological polar surface area (TPSA) is 79.3 Å². The highest BCUT2D eigenvalue weighted by Crippen LogP contribution is 2.28. The summed E-state index contributed by atoms with van der Waals surface area (Å²) in [7, 11) is 0. The first-order valence-electron chi connectivity index (χ1n) is 9.07. The average Bonchev–Trinajstić information content (AvgIpc) is 3.41. The molecule has 3 rings (SSSR count). The third-order valence-corrected chi connectivity index (χ3v) is 4.92. The van der Waals surface area contributed by atoms with E-state index in [0.717, 1.165) is 19.4 Å². The molecule has 7 heteroatoms. The fourth-order valence-electron chi connectivity index (χ4n) is 3.20. The van der Waals surface area contributed by atoms with E-state index in [9.17, 15) is 14.7 Å². The van der Waals surface area contributed by atoms with E-state index in [4.69, 9.17) is 9.47 Å². The smallest absolute Gasteiger partial charge is 0.251 e. The van der Waals surface area contributed by atoms with Crippen molar-refractivity contribution in [2.45, 2.75) is 44.3 Å². The Balaban J connectivity index is 1.45. The molecule has 24 heavy (non-hydrogen) atoms. The second-order valence-electron chi connectivity index (χ2n) is 7.08. The molecule has 2 unspecified atom stereocenters. The second-order valence-corrected chi connectivity index (χ2v) is 7.08. The molecule has 1 saturated carbocycles. The highest BCUT2D eigenvalue weighted by molar-refractivity contribution is 5.87. The molecule has 3 aliphatic rings. The summed E-state index contributed by atoms with van der Waals surface area (Å²) in [5.41, 5.74) is 0. The summed E-state index contributed by atoms with van der Waals surface area (Å²) in [5, 5.41) is 9.79. The monoisotopic (exact) mass is 340 g/mol. The van der Waals surface area contributed by atoms with Crippen LogP contribution >= 0.6 is 0 Å². The highest BCUT2D eigenvalue weighted by atomic mass is 16.5. The van der Waals surface area contributed by atoms with Gasteiger partial charge < -0.3 is 24.4 Å². The Hall–Kier alpha value is -1.18. The van der Waals surface area contributed by atoms with E-state index in [1.165, 1.54) is 17.7 Å². The summed E-state index contributed by atoms with van der Waals surface area (Å²) in [4.78, 5) is 27.9. The molecular weight excluding hydrogens is 312 g/mol. The summed E-state index contributed by atoms with van der Waals surface area (Å²) >= 11 is 0. The highest BCUT2D eigenvalue weighted by Gasteiger charge is 2.30. The molecular formula is C17H28N2O5. The minimum atomic E-state index is -0.964. The number of likely N-dealkylation sites (tertiary alicyclic amines) is 1. The van der Waals surface area contributed by atoms with Crippen LogP contribution in [0.3, 0.4) is 0 Å². The van der Waals surface area contributed by atoms with E-state index >= 15 is 0 Å². The van der Waals surface area contributed by atoms with Gasteiger partial charge in [0.15, 0.2) is 0 Å². The maximum atomic E-state index is 12.5. The van der Waals surface area contributed by atoms with E-state index < -0.39 is 6.10 Å². The molecule has 2 aliphatic heterocycles. The van der Waals surface area contributed by atoms with Crippen LogP contribution in [0.25, 0.3) is 0 Å². The molecule has 136 valence electrons. The van der Waals surface area contributed by atoms with Gasteiger partial charge in [0.25, 0.3) is 5.91 Å². The fraction of sp³-hybridized carbons (Fsp3) is 0.882. The van der Waals surface area contributed by atoms with Crippen molar-refractivity contribution in [3.8, 4) is 0 Å². The normalized spacial score (nSPS) is 28.8. The molecule has 0 aromatic heterocycles. The number of aliphatic hydroxyl groups is 1. The van der Waals surface area contributed by atoms with E-state index in [1.54, 1.807) is 4.90 Å². The number of rotatable bonds is 6. The lowest BCUT2D eigenvalue weighted by molar-refractivity contribution is -0.149. The molecule has 0 bridgehead atoms. The van der Waals surface area contributed by atoms with E-state index in [1.807, 2.05) is 0 Å². The first kappa shape index (κ1) is 17.6. The lowest BCUT2D eigenvalue weighted by Gasteiger charge is -2.34. The molecule has 2 amide bonds. The fourth-order valence-corrected chi connectivity index (χ4v) is 3.20. The van der Waals surface area contributed by atoms with Gasteiger partial charge in [0, 0.05) is 26.2 Å². The van der Waals surface area contributed by atoms with Gasteiger partial charge in [-0.1, -0.05) is 0 Å². The number of carbonyl (C=O) groups excluding carboxylic acids is 2. The predicted molar refractivity (Wildman–Crippen MR) is 86.3 cm³/mol. The van der Waals surface area contributed by atoms with Crippen LogP contribution in [-0.4, -0.2) is 84.9 Å². The van der Waals surface area contributed by atoms with Crippen molar-refractivity contribution in [1.29, 1.82) is 0 Å². The molecule has 2 heterocycles. The molecule has 0 aromatic rings. The van der Waals surface area contributed by atoms with Crippen molar-refractivity contribution in [2.24, 2.45) is 5.92 Å². The Morgan fingerprint density at radius 1 is 1.21 bits per heavy atom. The molecule has 3 fully saturated rings. The molecule has 0 radical (unpaired) electrons. The number of amides is 2. The zero-order valence-electron chi connectivity index (χ0n) is 14.2. The first-order valence-corrected chi connectivity index (χ1v) is 9.07. The Labute approximate surface area is 142 Å². The van der Waals surface area contributed by atoms with Crippen molar-refractivity contribution in [2.75, 3.05) is 46.0 Å². The number of hydrogen-bond acceptors (Lipinski definition) is 5. The number of nitrogens with zero attached hydrogens (tertiary/aromatic N) is 2. The van der Waals surface area contributed by atoms with Crippen LogP contribution in [0.15, 0.2) is 0 Å². The van der Waals surface area contributed by atoms with Gasteiger partial charge in [0.1, 0.15) is 6.10 Å². The maximum Gasteiger partial charge on any atom is 0.251 e. The van der Waals surface area contributed by atoms with Crippen molar-refractivity contribution in [3.05, 3.63) is 0 Å². The van der Waals surface area contributed by atoms with Crippen LogP contribution in [0, 0.1) is 5.92 Å². The molecule has 0 aromatic carbocycles. The molecule has 1 N–H and O–H groups in total. The minimum Gasteiger partial charge on any atom is -0.383 e.